The molecule has 0 radical (unpaired) electrons. The van der Waals surface area contributed by atoms with Gasteiger partial charge in [-0.1, -0.05) is 0 Å². The molecule has 7 heteroatoms. The van der Waals surface area contributed by atoms with E-state index in [1.54, 1.807) is 28.5 Å². The summed E-state index contributed by atoms with van der Waals surface area (Å²) in [7, 11) is 0. The SMILES string of the molecule is Cc1ccsc1C1CCN(C(=O)c2cccnc2N2CCOCC2)CC1O. The summed E-state index contributed by atoms with van der Waals surface area (Å²) < 4.78 is 5.41. The van der Waals surface area contributed by atoms with Gasteiger partial charge in [0.05, 0.1) is 24.9 Å². The molecule has 0 aromatic carbocycles. The number of ether oxygens (including phenoxy) is 1. The van der Waals surface area contributed by atoms with Crippen molar-refractivity contribution in [3.05, 3.63) is 45.8 Å². The fourth-order valence-electron chi connectivity index (χ4n) is 3.95. The number of hydrogen-bond donors (Lipinski definition) is 1. The molecule has 2 aliphatic rings. The molecule has 4 heterocycles. The van der Waals surface area contributed by atoms with Crippen LogP contribution in [-0.2, 0) is 4.74 Å². The van der Waals surface area contributed by atoms with E-state index in [9.17, 15) is 9.90 Å². The first kappa shape index (κ1) is 18.4. The number of rotatable bonds is 3. The molecule has 2 unspecified atom stereocenters. The standard InChI is InChI=1S/C20H25N3O3S/c1-14-5-12-27-18(14)15-4-7-23(13-17(15)24)20(25)16-3-2-6-21-19(16)22-8-10-26-11-9-22/h2-3,5-6,12,15,17,24H,4,7-11,13H2,1H3. The van der Waals surface area contributed by atoms with E-state index in [2.05, 4.69) is 28.3 Å². The van der Waals surface area contributed by atoms with E-state index in [4.69, 9.17) is 4.74 Å². The lowest BCUT2D eigenvalue weighted by Crippen LogP contribution is -2.46. The van der Waals surface area contributed by atoms with Crippen LogP contribution >= 0.6 is 11.3 Å². The van der Waals surface area contributed by atoms with Crippen LogP contribution in [0.3, 0.4) is 0 Å². The summed E-state index contributed by atoms with van der Waals surface area (Å²) in [6.07, 6.45) is 1.97. The number of likely N-dealkylation sites (tertiary alicyclic amines) is 1. The molecule has 4 rings (SSSR count). The second-order valence-corrected chi connectivity index (χ2v) is 8.10. The Morgan fingerprint density at radius 1 is 1.30 bits per heavy atom. The fraction of sp³-hybridized carbons (Fsp3) is 0.500. The first-order valence-electron chi connectivity index (χ1n) is 9.44. The van der Waals surface area contributed by atoms with Crippen LogP contribution in [0, 0.1) is 6.92 Å². The maximum atomic E-state index is 13.2. The monoisotopic (exact) mass is 387 g/mol. The predicted molar refractivity (Wildman–Crippen MR) is 106 cm³/mol. The molecule has 27 heavy (non-hydrogen) atoms. The van der Waals surface area contributed by atoms with E-state index in [0.717, 1.165) is 25.3 Å². The highest BCUT2D eigenvalue weighted by Gasteiger charge is 2.34. The summed E-state index contributed by atoms with van der Waals surface area (Å²) in [5.74, 6) is 0.781. The van der Waals surface area contributed by atoms with Gasteiger partial charge in [0.25, 0.3) is 5.91 Å². The molecule has 2 saturated heterocycles. The Bertz CT molecular complexity index is 803. The number of aliphatic hydroxyl groups is 1. The summed E-state index contributed by atoms with van der Waals surface area (Å²) in [4.78, 5) is 22.8. The maximum Gasteiger partial charge on any atom is 0.257 e. The van der Waals surface area contributed by atoms with Gasteiger partial charge in [-0.25, -0.2) is 4.98 Å². The molecule has 0 saturated carbocycles. The van der Waals surface area contributed by atoms with E-state index in [0.29, 0.717) is 31.9 Å². The predicted octanol–water partition coefficient (Wildman–Crippen LogP) is 2.28. The van der Waals surface area contributed by atoms with Crippen molar-refractivity contribution < 1.29 is 14.6 Å². The number of aromatic nitrogens is 1. The summed E-state index contributed by atoms with van der Waals surface area (Å²) in [6.45, 7) is 5.86. The van der Waals surface area contributed by atoms with Gasteiger partial charge in [-0.05, 0) is 42.5 Å². The molecule has 1 amide bonds. The summed E-state index contributed by atoms with van der Waals surface area (Å²) in [5.41, 5.74) is 1.84. The van der Waals surface area contributed by atoms with Crippen molar-refractivity contribution in [1.29, 1.82) is 0 Å². The number of hydrogen-bond acceptors (Lipinski definition) is 6. The van der Waals surface area contributed by atoms with E-state index in [1.165, 1.54) is 10.4 Å². The summed E-state index contributed by atoms with van der Waals surface area (Å²) in [5, 5.41) is 12.8. The normalized spacial score (nSPS) is 23.5. The minimum atomic E-state index is -0.538. The number of anilines is 1. The van der Waals surface area contributed by atoms with Crippen LogP contribution in [0.4, 0.5) is 5.82 Å². The molecule has 2 aromatic rings. The van der Waals surface area contributed by atoms with Crippen molar-refractivity contribution in [3.8, 4) is 0 Å². The Labute approximate surface area is 163 Å². The Hall–Kier alpha value is -1.96. The van der Waals surface area contributed by atoms with Gasteiger partial charge in [0, 0.05) is 43.2 Å². The third-order valence-electron chi connectivity index (χ3n) is 5.44. The van der Waals surface area contributed by atoms with E-state index >= 15 is 0 Å². The largest absolute Gasteiger partial charge is 0.391 e. The zero-order valence-electron chi connectivity index (χ0n) is 15.5. The number of thiophene rings is 1. The van der Waals surface area contributed by atoms with E-state index in [-0.39, 0.29) is 11.8 Å². The zero-order chi connectivity index (χ0) is 18.8. The minimum Gasteiger partial charge on any atom is -0.391 e. The molecule has 2 fully saturated rings. The van der Waals surface area contributed by atoms with E-state index < -0.39 is 6.10 Å². The molecule has 0 spiro atoms. The highest BCUT2D eigenvalue weighted by molar-refractivity contribution is 7.10. The van der Waals surface area contributed by atoms with Gasteiger partial charge in [-0.15, -0.1) is 11.3 Å². The number of aliphatic hydroxyl groups excluding tert-OH is 1. The Kier molecular flexibility index (Phi) is 5.43. The number of β-amino-alcohol motifs (C(OH)–C–C–N with tert-alkyl or cyclic N) is 1. The molecular weight excluding hydrogens is 362 g/mol. The van der Waals surface area contributed by atoms with Gasteiger partial charge in [0.15, 0.2) is 0 Å². The van der Waals surface area contributed by atoms with Gasteiger partial charge in [0.2, 0.25) is 0 Å². The molecule has 2 atom stereocenters. The van der Waals surface area contributed by atoms with Crippen LogP contribution in [0.5, 0.6) is 0 Å². The van der Waals surface area contributed by atoms with Gasteiger partial charge >= 0.3 is 0 Å². The molecule has 2 aromatic heterocycles. The molecule has 6 nitrogen and oxygen atoms in total. The number of nitrogens with zero attached hydrogens (tertiary/aromatic N) is 3. The molecule has 0 aliphatic carbocycles. The lowest BCUT2D eigenvalue weighted by molar-refractivity contribution is 0.0386. The number of pyridine rings is 1. The Balaban J connectivity index is 1.50. The van der Waals surface area contributed by atoms with Crippen molar-refractivity contribution in [3.63, 3.8) is 0 Å². The van der Waals surface area contributed by atoms with Crippen LogP contribution in [0.2, 0.25) is 0 Å². The van der Waals surface area contributed by atoms with Crippen LogP contribution in [0.1, 0.15) is 33.1 Å². The topological polar surface area (TPSA) is 65.9 Å². The molecule has 0 bridgehead atoms. The van der Waals surface area contributed by atoms with Crippen LogP contribution in [0.15, 0.2) is 29.8 Å². The van der Waals surface area contributed by atoms with Crippen molar-refractivity contribution in [2.24, 2.45) is 0 Å². The zero-order valence-corrected chi connectivity index (χ0v) is 16.3. The lowest BCUT2D eigenvalue weighted by Gasteiger charge is -2.37. The highest BCUT2D eigenvalue weighted by Crippen LogP contribution is 2.34. The van der Waals surface area contributed by atoms with Crippen LogP contribution in [-0.4, -0.2) is 66.4 Å². The van der Waals surface area contributed by atoms with Gasteiger partial charge in [0.1, 0.15) is 5.82 Å². The van der Waals surface area contributed by atoms with Crippen LogP contribution in [0.25, 0.3) is 0 Å². The highest BCUT2D eigenvalue weighted by atomic mass is 32.1. The number of amides is 1. The number of aryl methyl sites for hydroxylation is 1. The van der Waals surface area contributed by atoms with Crippen molar-refractivity contribution in [1.82, 2.24) is 9.88 Å². The van der Waals surface area contributed by atoms with Crippen molar-refractivity contribution in [2.45, 2.75) is 25.4 Å². The second-order valence-electron chi connectivity index (χ2n) is 7.16. The third-order valence-corrected chi connectivity index (χ3v) is 6.59. The molecule has 1 N–H and O–H groups in total. The maximum absolute atomic E-state index is 13.2. The minimum absolute atomic E-state index is 0.0509. The smallest absolute Gasteiger partial charge is 0.257 e. The molecule has 144 valence electrons. The first-order chi connectivity index (χ1) is 13.1. The lowest BCUT2D eigenvalue weighted by atomic mass is 9.90. The fourth-order valence-corrected chi connectivity index (χ4v) is 5.07. The summed E-state index contributed by atoms with van der Waals surface area (Å²) in [6, 6.07) is 5.73. The Morgan fingerprint density at radius 2 is 2.11 bits per heavy atom. The van der Waals surface area contributed by atoms with E-state index in [1.807, 2.05) is 6.07 Å². The van der Waals surface area contributed by atoms with Gasteiger partial charge < -0.3 is 19.6 Å². The molecular formula is C20H25N3O3S. The second kappa shape index (κ2) is 7.96. The van der Waals surface area contributed by atoms with Crippen LogP contribution < -0.4 is 4.90 Å². The number of piperidine rings is 1. The average molecular weight is 388 g/mol. The van der Waals surface area contributed by atoms with Crippen molar-refractivity contribution in [2.75, 3.05) is 44.3 Å². The first-order valence-corrected chi connectivity index (χ1v) is 10.3. The van der Waals surface area contributed by atoms with Gasteiger partial charge in [-0.2, -0.15) is 0 Å². The number of carbonyl (C=O) groups excluding carboxylic acids is 1. The van der Waals surface area contributed by atoms with Crippen molar-refractivity contribution >= 4 is 23.1 Å². The third kappa shape index (κ3) is 3.72. The summed E-state index contributed by atoms with van der Waals surface area (Å²) >= 11 is 1.70. The number of carbonyl (C=O) groups is 1. The quantitative estimate of drug-likeness (QED) is 0.875. The Morgan fingerprint density at radius 3 is 2.81 bits per heavy atom. The van der Waals surface area contributed by atoms with Gasteiger partial charge in [-0.3, -0.25) is 4.79 Å². The average Bonchev–Trinajstić information content (AvgIpc) is 3.13. The molecule has 2 aliphatic heterocycles. The number of morpholine rings is 1.